The Morgan fingerprint density at radius 3 is 2.53 bits per heavy atom. The molecular formula is C13H22BrNOS. The molecule has 0 radical (unpaired) electrons. The molecular weight excluding hydrogens is 298 g/mol. The highest BCUT2D eigenvalue weighted by molar-refractivity contribution is 9.10. The average Bonchev–Trinajstić information content (AvgIpc) is 2.59. The van der Waals surface area contributed by atoms with Crippen LogP contribution in [-0.2, 0) is 11.2 Å². The van der Waals surface area contributed by atoms with E-state index in [0.717, 1.165) is 10.9 Å². The molecule has 98 valence electrons. The maximum atomic E-state index is 6.31. The predicted molar refractivity (Wildman–Crippen MR) is 78.6 cm³/mol. The van der Waals surface area contributed by atoms with Gasteiger partial charge in [-0.1, -0.05) is 20.8 Å². The SMILES string of the molecule is CCOC(C(N)Cc1sccc1Br)C(C)(C)C. The first kappa shape index (κ1) is 15.2. The van der Waals surface area contributed by atoms with Crippen molar-refractivity contribution in [3.05, 3.63) is 20.8 Å². The summed E-state index contributed by atoms with van der Waals surface area (Å²) in [5.74, 6) is 0. The van der Waals surface area contributed by atoms with Crippen molar-refractivity contribution < 1.29 is 4.74 Å². The van der Waals surface area contributed by atoms with Crippen molar-refractivity contribution in [3.63, 3.8) is 0 Å². The Bertz CT molecular complexity index is 345. The second-order valence-corrected chi connectivity index (χ2v) is 7.16. The van der Waals surface area contributed by atoms with E-state index in [0.29, 0.717) is 6.61 Å². The third-order valence-electron chi connectivity index (χ3n) is 2.70. The molecule has 2 atom stereocenters. The molecule has 0 amide bonds. The van der Waals surface area contributed by atoms with Gasteiger partial charge in [0.05, 0.1) is 6.10 Å². The number of thiophene rings is 1. The zero-order valence-corrected chi connectivity index (χ0v) is 13.4. The van der Waals surface area contributed by atoms with Gasteiger partial charge in [-0.2, -0.15) is 0 Å². The second kappa shape index (κ2) is 6.32. The van der Waals surface area contributed by atoms with E-state index >= 15 is 0 Å². The molecule has 1 heterocycles. The summed E-state index contributed by atoms with van der Waals surface area (Å²) in [7, 11) is 0. The van der Waals surface area contributed by atoms with Crippen molar-refractivity contribution >= 4 is 27.3 Å². The van der Waals surface area contributed by atoms with Crippen LogP contribution in [0.3, 0.4) is 0 Å². The molecule has 0 aliphatic rings. The van der Waals surface area contributed by atoms with Crippen LogP contribution in [0.15, 0.2) is 15.9 Å². The van der Waals surface area contributed by atoms with E-state index in [9.17, 15) is 0 Å². The van der Waals surface area contributed by atoms with Gasteiger partial charge in [0.2, 0.25) is 0 Å². The maximum absolute atomic E-state index is 6.31. The summed E-state index contributed by atoms with van der Waals surface area (Å²) in [5, 5.41) is 2.08. The number of halogens is 1. The highest BCUT2D eigenvalue weighted by atomic mass is 79.9. The highest BCUT2D eigenvalue weighted by Gasteiger charge is 2.31. The minimum atomic E-state index is 0.0323. The van der Waals surface area contributed by atoms with Crippen molar-refractivity contribution in [2.24, 2.45) is 11.1 Å². The van der Waals surface area contributed by atoms with E-state index < -0.39 is 0 Å². The lowest BCUT2D eigenvalue weighted by atomic mass is 9.83. The van der Waals surface area contributed by atoms with E-state index in [1.165, 1.54) is 4.88 Å². The molecule has 0 fully saturated rings. The fourth-order valence-electron chi connectivity index (χ4n) is 1.99. The average molecular weight is 320 g/mol. The van der Waals surface area contributed by atoms with Gasteiger partial charge in [-0.05, 0) is 39.7 Å². The molecule has 0 bridgehead atoms. The van der Waals surface area contributed by atoms with Gasteiger partial charge in [-0.25, -0.2) is 0 Å². The summed E-state index contributed by atoms with van der Waals surface area (Å²) in [5.41, 5.74) is 6.38. The molecule has 4 heteroatoms. The van der Waals surface area contributed by atoms with Crippen LogP contribution in [0.1, 0.15) is 32.6 Å². The Kier molecular flexibility index (Phi) is 5.64. The fraction of sp³-hybridized carbons (Fsp3) is 0.692. The van der Waals surface area contributed by atoms with E-state index in [2.05, 4.69) is 48.1 Å². The van der Waals surface area contributed by atoms with E-state index in [4.69, 9.17) is 10.5 Å². The van der Waals surface area contributed by atoms with Crippen LogP contribution in [0.25, 0.3) is 0 Å². The maximum Gasteiger partial charge on any atom is 0.0777 e. The van der Waals surface area contributed by atoms with Crippen molar-refractivity contribution in [2.45, 2.75) is 46.3 Å². The largest absolute Gasteiger partial charge is 0.376 e. The number of hydrogen-bond acceptors (Lipinski definition) is 3. The quantitative estimate of drug-likeness (QED) is 0.895. The Morgan fingerprint density at radius 1 is 1.47 bits per heavy atom. The van der Waals surface area contributed by atoms with Gasteiger partial charge in [-0.3, -0.25) is 0 Å². The van der Waals surface area contributed by atoms with E-state index in [-0.39, 0.29) is 17.6 Å². The van der Waals surface area contributed by atoms with E-state index in [1.807, 2.05) is 6.92 Å². The molecule has 2 N–H and O–H groups in total. The van der Waals surface area contributed by atoms with Crippen molar-refractivity contribution in [1.82, 2.24) is 0 Å². The first-order chi connectivity index (χ1) is 7.86. The molecule has 0 aliphatic carbocycles. The van der Waals surface area contributed by atoms with Gasteiger partial charge in [-0.15, -0.1) is 11.3 Å². The van der Waals surface area contributed by atoms with Crippen LogP contribution in [-0.4, -0.2) is 18.8 Å². The molecule has 0 aliphatic heterocycles. The summed E-state index contributed by atoms with van der Waals surface area (Å²) in [4.78, 5) is 1.30. The first-order valence-corrected chi connectivity index (χ1v) is 7.62. The third-order valence-corrected chi connectivity index (χ3v) is 4.65. The van der Waals surface area contributed by atoms with Crippen LogP contribution in [0.5, 0.6) is 0 Å². The fourth-order valence-corrected chi connectivity index (χ4v) is 3.57. The molecule has 2 nitrogen and oxygen atoms in total. The lowest BCUT2D eigenvalue weighted by molar-refractivity contribution is -0.0273. The Morgan fingerprint density at radius 2 is 2.12 bits per heavy atom. The highest BCUT2D eigenvalue weighted by Crippen LogP contribution is 2.29. The zero-order chi connectivity index (χ0) is 13.1. The lowest BCUT2D eigenvalue weighted by Gasteiger charge is -2.34. The zero-order valence-electron chi connectivity index (χ0n) is 11.0. The number of rotatable bonds is 5. The smallest absolute Gasteiger partial charge is 0.0777 e. The summed E-state index contributed by atoms with van der Waals surface area (Å²) < 4.78 is 6.98. The third kappa shape index (κ3) is 4.36. The summed E-state index contributed by atoms with van der Waals surface area (Å²) >= 11 is 5.29. The van der Waals surface area contributed by atoms with Gasteiger partial charge >= 0.3 is 0 Å². The normalized spacial score (nSPS) is 15.9. The molecule has 0 saturated heterocycles. The molecule has 0 spiro atoms. The summed E-state index contributed by atoms with van der Waals surface area (Å²) in [6.45, 7) is 9.26. The van der Waals surface area contributed by atoms with Crippen molar-refractivity contribution in [3.8, 4) is 0 Å². The van der Waals surface area contributed by atoms with Crippen LogP contribution in [0, 0.1) is 5.41 Å². The Balaban J connectivity index is 2.72. The number of hydrogen-bond donors (Lipinski definition) is 1. The van der Waals surface area contributed by atoms with Gasteiger partial charge in [0.1, 0.15) is 0 Å². The molecule has 0 aromatic carbocycles. The van der Waals surface area contributed by atoms with Gasteiger partial charge < -0.3 is 10.5 Å². The van der Waals surface area contributed by atoms with Crippen molar-refractivity contribution in [2.75, 3.05) is 6.61 Å². The molecule has 1 aromatic heterocycles. The number of nitrogens with two attached hydrogens (primary N) is 1. The van der Waals surface area contributed by atoms with Crippen LogP contribution in [0.4, 0.5) is 0 Å². The van der Waals surface area contributed by atoms with Crippen LogP contribution >= 0.6 is 27.3 Å². The van der Waals surface area contributed by atoms with E-state index in [1.54, 1.807) is 11.3 Å². The summed E-state index contributed by atoms with van der Waals surface area (Å²) in [6, 6.07) is 2.10. The number of ether oxygens (including phenoxy) is 1. The van der Waals surface area contributed by atoms with Crippen LogP contribution in [0.2, 0.25) is 0 Å². The Labute approximate surface area is 117 Å². The Hall–Kier alpha value is 0.100. The van der Waals surface area contributed by atoms with Gasteiger partial charge in [0.25, 0.3) is 0 Å². The molecule has 1 aromatic rings. The summed E-state index contributed by atoms with van der Waals surface area (Å²) in [6.07, 6.45) is 0.946. The minimum absolute atomic E-state index is 0.0323. The predicted octanol–water partition coefficient (Wildman–Crippen LogP) is 3.83. The minimum Gasteiger partial charge on any atom is -0.376 e. The molecule has 0 saturated carbocycles. The topological polar surface area (TPSA) is 35.2 Å². The van der Waals surface area contributed by atoms with Crippen molar-refractivity contribution in [1.29, 1.82) is 0 Å². The molecule has 1 rings (SSSR count). The van der Waals surface area contributed by atoms with Gasteiger partial charge in [0.15, 0.2) is 0 Å². The lowest BCUT2D eigenvalue weighted by Crippen LogP contribution is -2.46. The first-order valence-electron chi connectivity index (χ1n) is 5.95. The standard InChI is InChI=1S/C13H22BrNOS/c1-5-16-12(13(2,3)4)10(15)8-11-9(14)6-7-17-11/h6-7,10,12H,5,8,15H2,1-4H3. The van der Waals surface area contributed by atoms with Gasteiger partial charge in [0, 0.05) is 28.4 Å². The molecule has 17 heavy (non-hydrogen) atoms. The molecule has 2 unspecified atom stereocenters. The monoisotopic (exact) mass is 319 g/mol. The second-order valence-electron chi connectivity index (χ2n) is 5.30. The van der Waals surface area contributed by atoms with Crippen LogP contribution < -0.4 is 5.73 Å².